The predicted molar refractivity (Wildman–Crippen MR) is 69.5 cm³/mol. The number of amides is 1. The van der Waals surface area contributed by atoms with Crippen LogP contribution >= 0.6 is 0 Å². The molecule has 1 rings (SSSR count). The smallest absolute Gasteiger partial charge is 0.224 e. The topological polar surface area (TPSA) is 29.5 Å². The summed E-state index contributed by atoms with van der Waals surface area (Å²) in [4.78, 5) is 13.8. The standard InChI is InChI=1S/C14H25NO2/c1-5-8-12(11(3)4)14(17-6-2)15-10-7-9-13(15)16/h5,11-12,14H,1,6-10H2,2-4H3. The third-order valence-electron chi connectivity index (χ3n) is 3.42. The second-order valence-electron chi connectivity index (χ2n) is 4.97. The highest BCUT2D eigenvalue weighted by Crippen LogP contribution is 2.28. The van der Waals surface area contributed by atoms with Crippen LogP contribution in [0.3, 0.4) is 0 Å². The fraction of sp³-hybridized carbons (Fsp3) is 0.786. The molecule has 0 aliphatic carbocycles. The fourth-order valence-electron chi connectivity index (χ4n) is 2.46. The molecule has 1 saturated heterocycles. The summed E-state index contributed by atoms with van der Waals surface area (Å²) < 4.78 is 5.83. The summed E-state index contributed by atoms with van der Waals surface area (Å²) in [6.45, 7) is 11.6. The van der Waals surface area contributed by atoms with E-state index in [2.05, 4.69) is 20.4 Å². The summed E-state index contributed by atoms with van der Waals surface area (Å²) in [5.41, 5.74) is 0. The van der Waals surface area contributed by atoms with Crippen LogP contribution in [0, 0.1) is 11.8 Å². The third-order valence-corrected chi connectivity index (χ3v) is 3.42. The zero-order valence-corrected chi connectivity index (χ0v) is 11.3. The normalized spacial score (nSPS) is 19.8. The van der Waals surface area contributed by atoms with Gasteiger partial charge in [-0.1, -0.05) is 19.9 Å². The molecule has 3 nitrogen and oxygen atoms in total. The van der Waals surface area contributed by atoms with Crippen LogP contribution in [0.25, 0.3) is 0 Å². The second kappa shape index (κ2) is 6.80. The first-order valence-electron chi connectivity index (χ1n) is 6.63. The minimum atomic E-state index is -0.0759. The molecule has 3 heteroatoms. The maximum absolute atomic E-state index is 11.8. The maximum Gasteiger partial charge on any atom is 0.224 e. The Labute approximate surface area is 105 Å². The van der Waals surface area contributed by atoms with E-state index in [1.165, 1.54) is 0 Å². The number of ether oxygens (including phenoxy) is 1. The van der Waals surface area contributed by atoms with E-state index in [1.807, 2.05) is 17.9 Å². The van der Waals surface area contributed by atoms with Gasteiger partial charge in [0.2, 0.25) is 5.91 Å². The summed E-state index contributed by atoms with van der Waals surface area (Å²) >= 11 is 0. The van der Waals surface area contributed by atoms with Crippen molar-refractivity contribution in [3.8, 4) is 0 Å². The van der Waals surface area contributed by atoms with Crippen molar-refractivity contribution in [1.82, 2.24) is 4.90 Å². The van der Waals surface area contributed by atoms with Gasteiger partial charge in [-0.2, -0.15) is 0 Å². The zero-order chi connectivity index (χ0) is 12.8. The van der Waals surface area contributed by atoms with Crippen molar-refractivity contribution in [3.05, 3.63) is 12.7 Å². The molecule has 2 atom stereocenters. The lowest BCUT2D eigenvalue weighted by Crippen LogP contribution is -2.45. The Hall–Kier alpha value is -0.830. The SMILES string of the molecule is C=CCC(C(C)C)C(OCC)N1CCCC1=O. The molecule has 1 fully saturated rings. The first kappa shape index (κ1) is 14.2. The molecular weight excluding hydrogens is 214 g/mol. The number of carbonyl (C=O) groups is 1. The Balaban J connectivity index is 2.80. The van der Waals surface area contributed by atoms with Crippen LogP contribution < -0.4 is 0 Å². The molecule has 0 aromatic heterocycles. The molecule has 0 radical (unpaired) electrons. The summed E-state index contributed by atoms with van der Waals surface area (Å²) in [5.74, 6) is 1.06. The first-order chi connectivity index (χ1) is 8.11. The van der Waals surface area contributed by atoms with Gasteiger partial charge in [-0.25, -0.2) is 0 Å². The van der Waals surface area contributed by atoms with Gasteiger partial charge in [0.15, 0.2) is 0 Å². The highest BCUT2D eigenvalue weighted by molar-refractivity contribution is 5.78. The van der Waals surface area contributed by atoms with Gasteiger partial charge >= 0.3 is 0 Å². The van der Waals surface area contributed by atoms with E-state index >= 15 is 0 Å². The number of hydrogen-bond acceptors (Lipinski definition) is 2. The van der Waals surface area contributed by atoms with E-state index < -0.39 is 0 Å². The molecule has 1 aliphatic heterocycles. The molecule has 98 valence electrons. The Morgan fingerprint density at radius 2 is 2.24 bits per heavy atom. The quantitative estimate of drug-likeness (QED) is 0.639. The highest BCUT2D eigenvalue weighted by Gasteiger charge is 2.34. The molecule has 2 unspecified atom stereocenters. The van der Waals surface area contributed by atoms with Crippen molar-refractivity contribution in [2.24, 2.45) is 11.8 Å². The van der Waals surface area contributed by atoms with Crippen molar-refractivity contribution in [2.45, 2.75) is 46.3 Å². The molecule has 0 spiro atoms. The number of carbonyl (C=O) groups excluding carboxylic acids is 1. The van der Waals surface area contributed by atoms with Gasteiger partial charge in [0.25, 0.3) is 0 Å². The van der Waals surface area contributed by atoms with Crippen molar-refractivity contribution in [1.29, 1.82) is 0 Å². The van der Waals surface area contributed by atoms with Gasteiger partial charge < -0.3 is 9.64 Å². The molecule has 1 aliphatic rings. The molecule has 0 bridgehead atoms. The Morgan fingerprint density at radius 3 is 2.65 bits per heavy atom. The molecule has 0 aromatic rings. The number of hydrogen-bond donors (Lipinski definition) is 0. The summed E-state index contributed by atoms with van der Waals surface area (Å²) in [6.07, 6.45) is 4.38. The lowest BCUT2D eigenvalue weighted by molar-refractivity contribution is -0.148. The van der Waals surface area contributed by atoms with Crippen molar-refractivity contribution in [3.63, 3.8) is 0 Å². The van der Waals surface area contributed by atoms with Gasteiger partial charge in [0.05, 0.1) is 0 Å². The molecular formula is C14H25NO2. The number of allylic oxidation sites excluding steroid dienone is 1. The van der Waals surface area contributed by atoms with Crippen molar-refractivity contribution >= 4 is 5.91 Å². The van der Waals surface area contributed by atoms with Crippen LogP contribution in [-0.2, 0) is 9.53 Å². The molecule has 0 N–H and O–H groups in total. The Kier molecular flexibility index (Phi) is 5.69. The largest absolute Gasteiger partial charge is 0.358 e. The van der Waals surface area contributed by atoms with E-state index in [4.69, 9.17) is 4.74 Å². The molecule has 17 heavy (non-hydrogen) atoms. The average Bonchev–Trinajstić information content (AvgIpc) is 2.69. The molecule has 1 amide bonds. The van der Waals surface area contributed by atoms with Crippen LogP contribution in [0.4, 0.5) is 0 Å². The second-order valence-corrected chi connectivity index (χ2v) is 4.97. The number of rotatable bonds is 7. The number of nitrogens with zero attached hydrogens (tertiary/aromatic N) is 1. The van der Waals surface area contributed by atoms with Crippen LogP contribution in [0.2, 0.25) is 0 Å². The minimum absolute atomic E-state index is 0.0759. The summed E-state index contributed by atoms with van der Waals surface area (Å²) in [7, 11) is 0. The summed E-state index contributed by atoms with van der Waals surface area (Å²) in [5, 5.41) is 0. The Morgan fingerprint density at radius 1 is 1.53 bits per heavy atom. The van der Waals surface area contributed by atoms with Crippen LogP contribution in [0.15, 0.2) is 12.7 Å². The highest BCUT2D eigenvalue weighted by atomic mass is 16.5. The van der Waals surface area contributed by atoms with E-state index in [0.29, 0.717) is 24.9 Å². The van der Waals surface area contributed by atoms with Gasteiger partial charge in [0, 0.05) is 25.5 Å². The molecule has 0 saturated carbocycles. The maximum atomic E-state index is 11.8. The van der Waals surface area contributed by atoms with E-state index in [1.54, 1.807) is 0 Å². The zero-order valence-electron chi connectivity index (χ0n) is 11.3. The van der Waals surface area contributed by atoms with Gasteiger partial charge in [0.1, 0.15) is 6.23 Å². The number of likely N-dealkylation sites (tertiary alicyclic amines) is 1. The molecule has 1 heterocycles. The van der Waals surface area contributed by atoms with E-state index in [-0.39, 0.29) is 12.1 Å². The summed E-state index contributed by atoms with van der Waals surface area (Å²) in [6, 6.07) is 0. The Bertz CT molecular complexity index is 263. The van der Waals surface area contributed by atoms with E-state index in [9.17, 15) is 4.79 Å². The fourth-order valence-corrected chi connectivity index (χ4v) is 2.46. The first-order valence-corrected chi connectivity index (χ1v) is 6.63. The van der Waals surface area contributed by atoms with Crippen LogP contribution in [0.1, 0.15) is 40.0 Å². The molecule has 0 aromatic carbocycles. The van der Waals surface area contributed by atoms with Crippen LogP contribution in [-0.4, -0.2) is 30.2 Å². The lowest BCUT2D eigenvalue weighted by atomic mass is 9.90. The minimum Gasteiger partial charge on any atom is -0.358 e. The third kappa shape index (κ3) is 3.56. The van der Waals surface area contributed by atoms with Crippen molar-refractivity contribution < 1.29 is 9.53 Å². The van der Waals surface area contributed by atoms with Crippen molar-refractivity contribution in [2.75, 3.05) is 13.2 Å². The van der Waals surface area contributed by atoms with Gasteiger partial charge in [-0.15, -0.1) is 6.58 Å². The predicted octanol–water partition coefficient (Wildman–Crippen LogP) is 2.82. The van der Waals surface area contributed by atoms with Gasteiger partial charge in [-0.05, 0) is 25.7 Å². The van der Waals surface area contributed by atoms with Gasteiger partial charge in [-0.3, -0.25) is 4.79 Å². The van der Waals surface area contributed by atoms with E-state index in [0.717, 1.165) is 19.4 Å². The lowest BCUT2D eigenvalue weighted by Gasteiger charge is -2.35. The average molecular weight is 239 g/mol. The van der Waals surface area contributed by atoms with Crippen LogP contribution in [0.5, 0.6) is 0 Å². The monoisotopic (exact) mass is 239 g/mol.